The number of furan rings is 1. The number of aryl methyl sites for hydroxylation is 3. The predicted octanol–water partition coefficient (Wildman–Crippen LogP) is 4.38. The van der Waals surface area contributed by atoms with Crippen molar-refractivity contribution in [1.29, 1.82) is 0 Å². The van der Waals surface area contributed by atoms with Crippen molar-refractivity contribution in [2.24, 2.45) is 0 Å². The van der Waals surface area contributed by atoms with Crippen molar-refractivity contribution in [1.82, 2.24) is 19.5 Å². The maximum atomic E-state index is 12.3. The van der Waals surface area contributed by atoms with E-state index >= 15 is 0 Å². The van der Waals surface area contributed by atoms with Crippen molar-refractivity contribution in [2.45, 2.75) is 38.6 Å². The van der Waals surface area contributed by atoms with E-state index in [-0.39, 0.29) is 23.7 Å². The molecule has 160 valence electrons. The Hall–Kier alpha value is -3.33. The Balaban J connectivity index is 1.61. The summed E-state index contributed by atoms with van der Waals surface area (Å²) in [6, 6.07) is 6.30. The van der Waals surface area contributed by atoms with Crippen LogP contribution in [0.15, 0.2) is 40.2 Å². The molecule has 0 radical (unpaired) electrons. The third-order valence-corrected chi connectivity index (χ3v) is 5.79. The van der Waals surface area contributed by atoms with Gasteiger partial charge in [-0.2, -0.15) is 4.98 Å². The van der Waals surface area contributed by atoms with E-state index in [9.17, 15) is 4.79 Å². The van der Waals surface area contributed by atoms with Crippen LogP contribution < -0.4 is 5.73 Å². The van der Waals surface area contributed by atoms with Gasteiger partial charge in [0.15, 0.2) is 5.16 Å². The number of nitrogens with zero attached hydrogens (tertiary/aromatic N) is 4. The lowest BCUT2D eigenvalue weighted by atomic mass is 10.1. The Bertz CT molecular complexity index is 1280. The Kier molecular flexibility index (Phi) is 5.69. The van der Waals surface area contributed by atoms with Crippen molar-refractivity contribution in [3.05, 3.63) is 58.9 Å². The third-order valence-electron chi connectivity index (χ3n) is 4.83. The maximum Gasteiger partial charge on any atom is 0.342 e. The second-order valence-corrected chi connectivity index (χ2v) is 8.06. The maximum absolute atomic E-state index is 12.3. The zero-order valence-corrected chi connectivity index (χ0v) is 18.6. The van der Waals surface area contributed by atoms with Crippen LogP contribution in [0.1, 0.15) is 40.0 Å². The molecule has 0 fully saturated rings. The number of imidazole rings is 1. The number of nitrogens with two attached hydrogens (primary N) is 1. The van der Waals surface area contributed by atoms with Crippen LogP contribution in [0.5, 0.6) is 0 Å². The summed E-state index contributed by atoms with van der Waals surface area (Å²) in [5.41, 5.74) is 10.2. The van der Waals surface area contributed by atoms with Gasteiger partial charge in [-0.1, -0.05) is 29.5 Å². The number of aromatic nitrogens is 4. The molecular formula is C22H23N5O3S. The van der Waals surface area contributed by atoms with E-state index in [4.69, 9.17) is 14.9 Å². The van der Waals surface area contributed by atoms with E-state index in [1.807, 2.05) is 10.8 Å². The number of ether oxygens (including phenoxy) is 1. The molecule has 9 heteroatoms. The number of nitrogen functional groups attached to an aromatic ring is 1. The monoisotopic (exact) mass is 437 g/mol. The molecule has 8 nitrogen and oxygen atoms in total. The molecule has 0 aliphatic carbocycles. The summed E-state index contributed by atoms with van der Waals surface area (Å²) in [4.78, 5) is 25.6. The molecule has 0 bridgehead atoms. The Morgan fingerprint density at radius 3 is 2.81 bits per heavy atom. The minimum absolute atomic E-state index is 0.193. The number of thioether (sulfide) groups is 1. The second kappa shape index (κ2) is 8.43. The fourth-order valence-corrected chi connectivity index (χ4v) is 4.30. The average molecular weight is 438 g/mol. The first-order chi connectivity index (χ1) is 14.9. The van der Waals surface area contributed by atoms with Crippen LogP contribution >= 0.6 is 11.8 Å². The fraction of sp³-hybridized carbons (Fsp3) is 0.273. The first-order valence-electron chi connectivity index (χ1n) is 9.85. The number of hydrogen-bond donors (Lipinski definition) is 1. The highest BCUT2D eigenvalue weighted by Crippen LogP contribution is 2.31. The van der Waals surface area contributed by atoms with E-state index in [1.54, 1.807) is 20.0 Å². The Labute approximate surface area is 183 Å². The van der Waals surface area contributed by atoms with E-state index in [0.717, 1.165) is 10.8 Å². The average Bonchev–Trinajstić information content (AvgIpc) is 3.30. The molecule has 31 heavy (non-hydrogen) atoms. The Morgan fingerprint density at radius 1 is 1.26 bits per heavy atom. The van der Waals surface area contributed by atoms with Crippen molar-refractivity contribution in [3.8, 4) is 5.69 Å². The SMILES string of the molecule is CCOC(=O)c1c(C)oc2nc(CSc3nccn3-c3ccc(C)cc3C)nc(N)c12. The summed E-state index contributed by atoms with van der Waals surface area (Å²) >= 11 is 1.50. The summed E-state index contributed by atoms with van der Waals surface area (Å²) in [6.07, 6.45) is 3.70. The van der Waals surface area contributed by atoms with Gasteiger partial charge in [0.1, 0.15) is 23.0 Å². The molecule has 0 saturated carbocycles. The number of hydrogen-bond acceptors (Lipinski definition) is 8. The van der Waals surface area contributed by atoms with Crippen LogP contribution in [0.3, 0.4) is 0 Å². The van der Waals surface area contributed by atoms with Gasteiger partial charge in [0.2, 0.25) is 5.71 Å². The second-order valence-electron chi connectivity index (χ2n) is 7.12. The molecule has 0 amide bonds. The third kappa shape index (κ3) is 4.00. The zero-order chi connectivity index (χ0) is 22.1. The van der Waals surface area contributed by atoms with Gasteiger partial charge in [0.05, 0.1) is 23.4 Å². The summed E-state index contributed by atoms with van der Waals surface area (Å²) in [7, 11) is 0. The molecule has 0 unspecified atom stereocenters. The summed E-state index contributed by atoms with van der Waals surface area (Å²) in [5, 5.41) is 1.21. The molecule has 0 spiro atoms. The van der Waals surface area contributed by atoms with Gasteiger partial charge in [-0.3, -0.25) is 4.57 Å². The quantitative estimate of drug-likeness (QED) is 0.349. The molecule has 0 aliphatic rings. The van der Waals surface area contributed by atoms with Crippen LogP contribution in [0.4, 0.5) is 5.82 Å². The van der Waals surface area contributed by atoms with Gasteiger partial charge in [-0.15, -0.1) is 0 Å². The number of rotatable bonds is 6. The molecule has 2 N–H and O–H groups in total. The van der Waals surface area contributed by atoms with Crippen LogP contribution in [0.2, 0.25) is 0 Å². The minimum atomic E-state index is -0.494. The van der Waals surface area contributed by atoms with Crippen molar-refractivity contribution in [2.75, 3.05) is 12.3 Å². The number of carbonyl (C=O) groups is 1. The van der Waals surface area contributed by atoms with E-state index in [2.05, 4.69) is 47.0 Å². The predicted molar refractivity (Wildman–Crippen MR) is 120 cm³/mol. The van der Waals surface area contributed by atoms with Gasteiger partial charge in [-0.25, -0.2) is 14.8 Å². The lowest BCUT2D eigenvalue weighted by molar-refractivity contribution is 0.0526. The van der Waals surface area contributed by atoms with Crippen LogP contribution in [-0.4, -0.2) is 32.1 Å². The fourth-order valence-electron chi connectivity index (χ4n) is 3.48. The van der Waals surface area contributed by atoms with Crippen molar-refractivity contribution >= 4 is 34.6 Å². The Morgan fingerprint density at radius 2 is 2.06 bits per heavy atom. The van der Waals surface area contributed by atoms with Crippen LogP contribution in [-0.2, 0) is 10.5 Å². The van der Waals surface area contributed by atoms with Gasteiger partial charge in [0.25, 0.3) is 0 Å². The van der Waals surface area contributed by atoms with Crippen molar-refractivity contribution in [3.63, 3.8) is 0 Å². The smallest absolute Gasteiger partial charge is 0.342 e. The largest absolute Gasteiger partial charge is 0.462 e. The standard InChI is InChI=1S/C22H23N5O3S/c1-5-29-21(28)17-14(4)30-20-18(17)19(23)25-16(26-20)11-31-22-24-8-9-27(22)15-7-6-12(2)10-13(15)3/h6-10H,5,11H2,1-4H3,(H2,23,25,26). The molecule has 3 heterocycles. The summed E-state index contributed by atoms with van der Waals surface area (Å²) in [6.45, 7) is 7.83. The topological polar surface area (TPSA) is 109 Å². The van der Waals surface area contributed by atoms with Crippen LogP contribution in [0, 0.1) is 20.8 Å². The number of carbonyl (C=O) groups excluding carboxylic acids is 1. The van der Waals surface area contributed by atoms with Gasteiger partial charge >= 0.3 is 5.97 Å². The summed E-state index contributed by atoms with van der Waals surface area (Å²) < 4.78 is 12.8. The lowest BCUT2D eigenvalue weighted by Crippen LogP contribution is -2.07. The molecule has 4 rings (SSSR count). The number of benzene rings is 1. The number of anilines is 1. The highest BCUT2D eigenvalue weighted by molar-refractivity contribution is 7.98. The van der Waals surface area contributed by atoms with E-state index in [1.165, 1.54) is 22.9 Å². The van der Waals surface area contributed by atoms with E-state index < -0.39 is 5.97 Å². The number of fused-ring (bicyclic) bond motifs is 1. The van der Waals surface area contributed by atoms with E-state index in [0.29, 0.717) is 22.7 Å². The lowest BCUT2D eigenvalue weighted by Gasteiger charge is -2.11. The normalized spacial score (nSPS) is 11.2. The molecule has 3 aromatic heterocycles. The first kappa shape index (κ1) is 20.9. The molecule has 0 saturated heterocycles. The molecular weight excluding hydrogens is 414 g/mol. The summed E-state index contributed by atoms with van der Waals surface area (Å²) in [5.74, 6) is 1.04. The van der Waals surface area contributed by atoms with Gasteiger partial charge < -0.3 is 14.9 Å². The van der Waals surface area contributed by atoms with Crippen LogP contribution in [0.25, 0.3) is 16.8 Å². The highest BCUT2D eigenvalue weighted by atomic mass is 32.2. The first-order valence-corrected chi connectivity index (χ1v) is 10.8. The molecule has 0 aliphatic heterocycles. The minimum Gasteiger partial charge on any atom is -0.462 e. The van der Waals surface area contributed by atoms with Gasteiger partial charge in [0, 0.05) is 12.4 Å². The zero-order valence-electron chi connectivity index (χ0n) is 17.8. The molecule has 1 aromatic carbocycles. The van der Waals surface area contributed by atoms with Crippen molar-refractivity contribution < 1.29 is 13.9 Å². The van der Waals surface area contributed by atoms with Gasteiger partial charge in [-0.05, 0) is 39.3 Å². The molecule has 4 aromatic rings. The highest BCUT2D eigenvalue weighted by Gasteiger charge is 2.24. The number of esters is 1. The molecule has 0 atom stereocenters.